The number of benzene rings is 2. The van der Waals surface area contributed by atoms with Crippen molar-refractivity contribution >= 4 is 29.0 Å². The Bertz CT molecular complexity index is 1160. The van der Waals surface area contributed by atoms with Crippen LogP contribution in [0.25, 0.3) is 11.3 Å². The first-order valence-corrected chi connectivity index (χ1v) is 10.7. The summed E-state index contributed by atoms with van der Waals surface area (Å²) in [4.78, 5) is 29.5. The molecule has 0 bridgehead atoms. The molecule has 2 heterocycles. The number of fused-ring (bicyclic) bond motifs is 3. The van der Waals surface area contributed by atoms with Crippen LogP contribution in [0.15, 0.2) is 53.7 Å². The molecule has 0 radical (unpaired) electrons. The fourth-order valence-electron chi connectivity index (χ4n) is 3.32. The van der Waals surface area contributed by atoms with Crippen molar-refractivity contribution in [1.29, 1.82) is 0 Å². The number of non-ortho nitro benzene ring substituents is 1. The largest absolute Gasteiger partial charge is 0.447 e. The maximum Gasteiger partial charge on any atom is 0.269 e. The summed E-state index contributed by atoms with van der Waals surface area (Å²) in [6.45, 7) is 3.47. The summed E-state index contributed by atoms with van der Waals surface area (Å²) < 4.78 is 6.21. The van der Waals surface area contributed by atoms with Crippen molar-refractivity contribution in [2.24, 2.45) is 0 Å². The molecule has 1 aliphatic rings. The molecule has 0 unspecified atom stereocenters. The van der Waals surface area contributed by atoms with Gasteiger partial charge >= 0.3 is 0 Å². The molecule has 1 amide bonds. The number of ether oxygens (including phenoxy) is 1. The lowest BCUT2D eigenvalue weighted by Gasteiger charge is -2.29. The van der Waals surface area contributed by atoms with E-state index in [1.807, 2.05) is 12.1 Å². The first-order valence-electron chi connectivity index (χ1n) is 9.67. The number of amides is 1. The van der Waals surface area contributed by atoms with Gasteiger partial charge in [-0.3, -0.25) is 19.8 Å². The third-order valence-electron chi connectivity index (χ3n) is 4.65. The van der Waals surface area contributed by atoms with Crippen molar-refractivity contribution in [3.05, 3.63) is 64.2 Å². The van der Waals surface area contributed by atoms with E-state index in [0.29, 0.717) is 27.7 Å². The monoisotopic (exact) mass is 437 g/mol. The van der Waals surface area contributed by atoms with Gasteiger partial charge in [-0.2, -0.15) is 4.98 Å². The Morgan fingerprint density at radius 3 is 2.77 bits per heavy atom. The Balaban J connectivity index is 1.91. The van der Waals surface area contributed by atoms with Crippen LogP contribution < -0.4 is 9.64 Å². The second-order valence-electron chi connectivity index (χ2n) is 6.83. The molecule has 158 valence electrons. The normalized spacial score (nSPS) is 14.8. The highest BCUT2D eigenvalue weighted by molar-refractivity contribution is 7.99. The summed E-state index contributed by atoms with van der Waals surface area (Å²) in [6, 6.07) is 13.3. The lowest BCUT2D eigenvalue weighted by atomic mass is 10.1. The number of hydrogen-bond acceptors (Lipinski definition) is 8. The lowest BCUT2D eigenvalue weighted by molar-refractivity contribution is -0.385. The van der Waals surface area contributed by atoms with Gasteiger partial charge in [0.25, 0.3) is 5.69 Å². The van der Waals surface area contributed by atoms with E-state index < -0.39 is 11.2 Å². The van der Waals surface area contributed by atoms with E-state index in [1.54, 1.807) is 24.3 Å². The SMILES string of the molecule is CCCSc1nnc2c(n1)O[C@@H](c1cccc([N+](=O)[O-])c1)N(C(C)=O)c1ccccc1-2. The van der Waals surface area contributed by atoms with Crippen LogP contribution in [0.4, 0.5) is 11.4 Å². The highest BCUT2D eigenvalue weighted by Crippen LogP contribution is 2.43. The zero-order valence-electron chi connectivity index (χ0n) is 16.9. The predicted octanol–water partition coefficient (Wildman–Crippen LogP) is 4.39. The van der Waals surface area contributed by atoms with Crippen LogP contribution in [0.5, 0.6) is 5.88 Å². The van der Waals surface area contributed by atoms with Gasteiger partial charge in [0.2, 0.25) is 23.2 Å². The number of nitro benzene ring substituents is 1. The molecule has 0 fully saturated rings. The Labute approximate surface area is 182 Å². The third-order valence-corrected chi connectivity index (χ3v) is 5.70. The molecule has 0 saturated carbocycles. The minimum Gasteiger partial charge on any atom is -0.447 e. The molecule has 1 aliphatic heterocycles. The summed E-state index contributed by atoms with van der Waals surface area (Å²) in [7, 11) is 0. The van der Waals surface area contributed by atoms with Gasteiger partial charge in [-0.15, -0.1) is 10.2 Å². The molecule has 0 saturated heterocycles. The number of aromatic nitrogens is 3. The van der Waals surface area contributed by atoms with Gasteiger partial charge in [-0.1, -0.05) is 49.0 Å². The number of hydrogen-bond donors (Lipinski definition) is 0. The maximum atomic E-state index is 12.7. The van der Waals surface area contributed by atoms with Crippen molar-refractivity contribution in [1.82, 2.24) is 15.2 Å². The number of nitro groups is 1. The van der Waals surface area contributed by atoms with Gasteiger partial charge in [0, 0.05) is 35.9 Å². The predicted molar refractivity (Wildman–Crippen MR) is 116 cm³/mol. The Morgan fingerprint density at radius 1 is 1.23 bits per heavy atom. The van der Waals surface area contributed by atoms with Crippen LogP contribution in [-0.4, -0.2) is 31.8 Å². The van der Waals surface area contributed by atoms with Crippen LogP contribution in [0.1, 0.15) is 32.1 Å². The zero-order valence-corrected chi connectivity index (χ0v) is 17.7. The van der Waals surface area contributed by atoms with E-state index in [2.05, 4.69) is 22.1 Å². The smallest absolute Gasteiger partial charge is 0.269 e. The number of carbonyl (C=O) groups is 1. The first kappa shape index (κ1) is 20.7. The first-order chi connectivity index (χ1) is 15.0. The molecule has 4 rings (SSSR count). The minimum absolute atomic E-state index is 0.0950. The van der Waals surface area contributed by atoms with Crippen molar-refractivity contribution in [3.8, 4) is 17.1 Å². The van der Waals surface area contributed by atoms with Gasteiger partial charge in [-0.05, 0) is 12.5 Å². The molecule has 3 aromatic rings. The minimum atomic E-state index is -0.958. The van der Waals surface area contributed by atoms with Crippen LogP contribution in [0, 0.1) is 10.1 Å². The quantitative estimate of drug-likeness (QED) is 0.328. The summed E-state index contributed by atoms with van der Waals surface area (Å²) >= 11 is 1.46. The van der Waals surface area contributed by atoms with E-state index in [0.717, 1.165) is 12.2 Å². The average molecular weight is 437 g/mol. The topological polar surface area (TPSA) is 111 Å². The number of rotatable bonds is 5. The molecule has 9 nitrogen and oxygen atoms in total. The van der Waals surface area contributed by atoms with Crippen molar-refractivity contribution in [3.63, 3.8) is 0 Å². The number of carbonyl (C=O) groups excluding carboxylic acids is 1. The second-order valence-corrected chi connectivity index (χ2v) is 7.89. The van der Waals surface area contributed by atoms with Gasteiger partial charge in [0.05, 0.1) is 10.6 Å². The summed E-state index contributed by atoms with van der Waals surface area (Å²) in [5.74, 6) is 0.761. The van der Waals surface area contributed by atoms with E-state index in [-0.39, 0.29) is 17.5 Å². The van der Waals surface area contributed by atoms with Gasteiger partial charge < -0.3 is 4.74 Å². The molecule has 1 aromatic heterocycles. The lowest BCUT2D eigenvalue weighted by Crippen LogP contribution is -2.36. The second kappa shape index (κ2) is 8.68. The van der Waals surface area contributed by atoms with E-state index in [4.69, 9.17) is 4.74 Å². The highest BCUT2D eigenvalue weighted by atomic mass is 32.2. The Morgan fingerprint density at radius 2 is 2.03 bits per heavy atom. The average Bonchev–Trinajstić information content (AvgIpc) is 2.92. The zero-order chi connectivity index (χ0) is 22.0. The fourth-order valence-corrected chi connectivity index (χ4v) is 3.95. The van der Waals surface area contributed by atoms with Crippen molar-refractivity contribution in [2.45, 2.75) is 31.7 Å². The van der Waals surface area contributed by atoms with Crippen LogP contribution >= 0.6 is 11.8 Å². The van der Waals surface area contributed by atoms with Gasteiger partial charge in [-0.25, -0.2) is 0 Å². The molecule has 2 aromatic carbocycles. The summed E-state index contributed by atoms with van der Waals surface area (Å²) in [6.07, 6.45) is -0.0102. The van der Waals surface area contributed by atoms with E-state index >= 15 is 0 Å². The molecule has 1 atom stereocenters. The standard InChI is InChI=1S/C21H19N5O4S/c1-3-11-31-21-22-19-18(23-24-21)16-9-4-5-10-17(16)25(13(2)27)20(30-19)14-7-6-8-15(12-14)26(28)29/h4-10,12,20H,3,11H2,1-2H3/t20-/m0/s1. The molecule has 0 N–H and O–H groups in total. The number of para-hydroxylation sites is 1. The number of thioether (sulfide) groups is 1. The van der Waals surface area contributed by atoms with Crippen molar-refractivity contribution < 1.29 is 14.5 Å². The van der Waals surface area contributed by atoms with Crippen LogP contribution in [0.2, 0.25) is 0 Å². The molecule has 31 heavy (non-hydrogen) atoms. The highest BCUT2D eigenvalue weighted by Gasteiger charge is 2.35. The number of nitrogens with zero attached hydrogens (tertiary/aromatic N) is 5. The van der Waals surface area contributed by atoms with Gasteiger partial charge in [0.1, 0.15) is 0 Å². The molecule has 10 heteroatoms. The molecule has 0 aliphatic carbocycles. The maximum absolute atomic E-state index is 12.7. The van der Waals surface area contributed by atoms with Gasteiger partial charge in [0.15, 0.2) is 5.69 Å². The molecular weight excluding hydrogens is 418 g/mol. The van der Waals surface area contributed by atoms with Crippen molar-refractivity contribution in [2.75, 3.05) is 10.7 Å². The van der Waals surface area contributed by atoms with Crippen LogP contribution in [0.3, 0.4) is 0 Å². The molecular formula is C21H19N5O4S. The Hall–Kier alpha value is -3.53. The molecule has 0 spiro atoms. The third kappa shape index (κ3) is 4.06. The Kier molecular flexibility index (Phi) is 5.81. The number of anilines is 1. The van der Waals surface area contributed by atoms with E-state index in [9.17, 15) is 14.9 Å². The van der Waals surface area contributed by atoms with E-state index in [1.165, 1.54) is 35.7 Å². The van der Waals surface area contributed by atoms with Crippen LogP contribution in [-0.2, 0) is 4.79 Å². The summed E-state index contributed by atoms with van der Waals surface area (Å²) in [5, 5.41) is 20.3. The fraction of sp³-hybridized carbons (Fsp3) is 0.238. The summed E-state index contributed by atoms with van der Waals surface area (Å²) in [5.41, 5.74) is 1.98.